The number of imidazole rings is 1. The van der Waals surface area contributed by atoms with Crippen LogP contribution in [0.1, 0.15) is 18.5 Å². The molecule has 0 bridgehead atoms. The predicted molar refractivity (Wildman–Crippen MR) is 113 cm³/mol. The van der Waals surface area contributed by atoms with E-state index in [1.807, 2.05) is 0 Å². The van der Waals surface area contributed by atoms with Crippen LogP contribution in [0.15, 0.2) is 12.5 Å². The maximum absolute atomic E-state index is 12.5. The summed E-state index contributed by atoms with van der Waals surface area (Å²) in [6, 6.07) is -5.16. The minimum atomic E-state index is -1.52. The molecular weight excluding hydrogens is 446 g/mol. The molecule has 1 rings (SSSR count). The number of nitrogens with one attached hydrogen (secondary N) is 4. The second-order valence-electron chi connectivity index (χ2n) is 6.78. The molecule has 15 heteroatoms. The quantitative estimate of drug-likeness (QED) is 0.119. The topological polar surface area (TPSA) is 243 Å². The summed E-state index contributed by atoms with van der Waals surface area (Å²) < 4.78 is 0. The number of amides is 4. The number of aromatic nitrogens is 2. The Morgan fingerprint density at radius 1 is 1.06 bits per heavy atom. The first-order valence-electron chi connectivity index (χ1n) is 9.45. The summed E-state index contributed by atoms with van der Waals surface area (Å²) in [5.74, 6) is -4.83. The van der Waals surface area contributed by atoms with E-state index in [-0.39, 0.29) is 25.0 Å². The SMILES string of the molecule is NC(=O)CCC(NC(=O)C(CO)NC(=O)C(CS)NC(=O)C(N)Cc1cnc[nH]1)C(=O)O. The van der Waals surface area contributed by atoms with Gasteiger partial charge in [0.15, 0.2) is 0 Å². The van der Waals surface area contributed by atoms with Crippen LogP contribution in [0.3, 0.4) is 0 Å². The number of aliphatic carboxylic acids is 1. The number of rotatable bonds is 14. The van der Waals surface area contributed by atoms with Gasteiger partial charge in [-0.25, -0.2) is 9.78 Å². The Balaban J connectivity index is 2.68. The van der Waals surface area contributed by atoms with Gasteiger partial charge >= 0.3 is 5.97 Å². The molecule has 0 aliphatic heterocycles. The first-order valence-corrected chi connectivity index (χ1v) is 10.1. The standard InChI is InChI=1S/C17H27N7O7S/c18-9(3-8-4-20-7-21-8)14(27)24-12(6-32)16(29)23-11(5-25)15(28)22-10(17(30)31)1-2-13(19)26/h4,7,9-12,25,32H,1-3,5-6,18H2,(H2,19,26)(H,20,21)(H,22,28)(H,23,29)(H,24,27)(H,30,31). The molecule has 0 saturated carbocycles. The third-order valence-electron chi connectivity index (χ3n) is 4.26. The van der Waals surface area contributed by atoms with Crippen molar-refractivity contribution in [1.82, 2.24) is 25.9 Å². The number of nitrogens with two attached hydrogens (primary N) is 2. The molecule has 0 spiro atoms. The number of primary amides is 1. The average Bonchev–Trinajstić information content (AvgIpc) is 3.25. The smallest absolute Gasteiger partial charge is 0.326 e. The number of carbonyl (C=O) groups is 5. The van der Waals surface area contributed by atoms with Crippen molar-refractivity contribution in [3.63, 3.8) is 0 Å². The van der Waals surface area contributed by atoms with E-state index in [4.69, 9.17) is 16.6 Å². The Hall–Kier alpha value is -3.17. The van der Waals surface area contributed by atoms with Crippen molar-refractivity contribution < 1.29 is 34.2 Å². The summed E-state index contributed by atoms with van der Waals surface area (Å²) in [4.78, 5) is 65.7. The molecule has 4 unspecified atom stereocenters. The van der Waals surface area contributed by atoms with Crippen LogP contribution < -0.4 is 27.4 Å². The fourth-order valence-corrected chi connectivity index (χ4v) is 2.74. The number of nitrogens with zero attached hydrogens (tertiary/aromatic N) is 1. The van der Waals surface area contributed by atoms with Gasteiger partial charge in [0.1, 0.15) is 18.1 Å². The average molecular weight is 474 g/mol. The summed E-state index contributed by atoms with van der Waals surface area (Å²) in [6.45, 7) is -0.855. The number of H-pyrrole nitrogens is 1. The van der Waals surface area contributed by atoms with Crippen LogP contribution in [0.4, 0.5) is 0 Å². The largest absolute Gasteiger partial charge is 0.480 e. The monoisotopic (exact) mass is 473 g/mol. The van der Waals surface area contributed by atoms with Crippen molar-refractivity contribution in [1.29, 1.82) is 0 Å². The van der Waals surface area contributed by atoms with Crippen molar-refractivity contribution in [2.45, 2.75) is 43.4 Å². The molecule has 1 heterocycles. The molecule has 14 nitrogen and oxygen atoms in total. The molecule has 0 aliphatic carbocycles. The van der Waals surface area contributed by atoms with Crippen LogP contribution >= 0.6 is 12.6 Å². The molecule has 178 valence electrons. The fourth-order valence-electron chi connectivity index (χ4n) is 2.48. The molecule has 0 radical (unpaired) electrons. The number of aromatic amines is 1. The molecule has 1 aromatic rings. The highest BCUT2D eigenvalue weighted by molar-refractivity contribution is 7.80. The maximum Gasteiger partial charge on any atom is 0.326 e. The van der Waals surface area contributed by atoms with Crippen molar-refractivity contribution >= 4 is 42.2 Å². The van der Waals surface area contributed by atoms with Gasteiger partial charge in [0.05, 0.1) is 19.0 Å². The van der Waals surface area contributed by atoms with Gasteiger partial charge in [-0.15, -0.1) is 0 Å². The Morgan fingerprint density at radius 3 is 2.16 bits per heavy atom. The van der Waals surface area contributed by atoms with Gasteiger partial charge < -0.3 is 42.6 Å². The highest BCUT2D eigenvalue weighted by Crippen LogP contribution is 2.01. The Kier molecular flexibility index (Phi) is 11.2. The Morgan fingerprint density at radius 2 is 1.66 bits per heavy atom. The second-order valence-corrected chi connectivity index (χ2v) is 7.14. The van der Waals surface area contributed by atoms with Crippen LogP contribution in [0, 0.1) is 0 Å². The summed E-state index contributed by atoms with van der Waals surface area (Å²) in [6.07, 6.45) is 2.49. The second kappa shape index (κ2) is 13.3. The number of carbonyl (C=O) groups excluding carboxylic acids is 4. The maximum atomic E-state index is 12.5. The van der Waals surface area contributed by atoms with Crippen LogP contribution in [0.2, 0.25) is 0 Å². The molecule has 4 amide bonds. The predicted octanol–water partition coefficient (Wildman–Crippen LogP) is -3.99. The van der Waals surface area contributed by atoms with Crippen molar-refractivity contribution in [2.24, 2.45) is 11.5 Å². The Labute approximate surface area is 188 Å². The summed E-state index contributed by atoms with van der Waals surface area (Å²) in [5, 5.41) is 25.3. The van der Waals surface area contributed by atoms with Gasteiger partial charge in [-0.2, -0.15) is 12.6 Å². The van der Waals surface area contributed by atoms with Gasteiger partial charge in [-0.05, 0) is 6.42 Å². The Bertz CT molecular complexity index is 805. The number of hydrogen-bond acceptors (Lipinski definition) is 9. The normalized spacial score (nSPS) is 14.5. The lowest BCUT2D eigenvalue weighted by molar-refractivity contribution is -0.143. The van der Waals surface area contributed by atoms with Gasteiger partial charge in [0, 0.05) is 30.5 Å². The highest BCUT2D eigenvalue weighted by Gasteiger charge is 2.29. The molecular formula is C17H27N7O7S. The molecule has 32 heavy (non-hydrogen) atoms. The number of aliphatic hydroxyl groups excluding tert-OH is 1. The van der Waals surface area contributed by atoms with Gasteiger partial charge in [-0.1, -0.05) is 0 Å². The summed E-state index contributed by atoms with van der Waals surface area (Å²) in [5.41, 5.74) is 11.4. The van der Waals surface area contributed by atoms with E-state index in [2.05, 4.69) is 38.5 Å². The molecule has 0 saturated heterocycles. The van der Waals surface area contributed by atoms with Gasteiger partial charge in [0.2, 0.25) is 23.6 Å². The molecule has 10 N–H and O–H groups in total. The number of thiol groups is 1. The van der Waals surface area contributed by atoms with Gasteiger partial charge in [0.25, 0.3) is 0 Å². The van der Waals surface area contributed by atoms with E-state index in [1.54, 1.807) is 0 Å². The minimum Gasteiger partial charge on any atom is -0.480 e. The highest BCUT2D eigenvalue weighted by atomic mass is 32.1. The lowest BCUT2D eigenvalue weighted by Crippen LogP contribution is -2.58. The minimum absolute atomic E-state index is 0.135. The first kappa shape index (κ1) is 26.9. The lowest BCUT2D eigenvalue weighted by atomic mass is 10.1. The van der Waals surface area contributed by atoms with Crippen LogP contribution in [-0.4, -0.2) is 86.3 Å². The fraction of sp³-hybridized carbons (Fsp3) is 0.529. The van der Waals surface area contributed by atoms with E-state index >= 15 is 0 Å². The zero-order valence-electron chi connectivity index (χ0n) is 17.0. The van der Waals surface area contributed by atoms with E-state index in [9.17, 15) is 29.1 Å². The third kappa shape index (κ3) is 8.91. The zero-order valence-corrected chi connectivity index (χ0v) is 17.9. The number of aliphatic hydroxyl groups is 1. The van der Waals surface area contributed by atoms with E-state index in [1.165, 1.54) is 12.5 Å². The van der Waals surface area contributed by atoms with Crippen LogP contribution in [-0.2, 0) is 30.4 Å². The van der Waals surface area contributed by atoms with Crippen LogP contribution in [0.25, 0.3) is 0 Å². The number of carboxylic acid groups (broad SMARTS) is 1. The number of carboxylic acids is 1. The summed E-state index contributed by atoms with van der Waals surface area (Å²) in [7, 11) is 0. The molecule has 1 aromatic heterocycles. The van der Waals surface area contributed by atoms with Gasteiger partial charge in [-0.3, -0.25) is 19.2 Å². The van der Waals surface area contributed by atoms with Crippen molar-refractivity contribution in [2.75, 3.05) is 12.4 Å². The first-order chi connectivity index (χ1) is 15.1. The van der Waals surface area contributed by atoms with E-state index in [0.29, 0.717) is 5.69 Å². The van der Waals surface area contributed by atoms with E-state index < -0.39 is 60.4 Å². The third-order valence-corrected chi connectivity index (χ3v) is 4.62. The molecule has 0 aliphatic rings. The lowest BCUT2D eigenvalue weighted by Gasteiger charge is -2.23. The molecule has 4 atom stereocenters. The molecule has 0 fully saturated rings. The van der Waals surface area contributed by atoms with Crippen molar-refractivity contribution in [3.05, 3.63) is 18.2 Å². The van der Waals surface area contributed by atoms with Crippen molar-refractivity contribution in [3.8, 4) is 0 Å². The zero-order chi connectivity index (χ0) is 24.3. The summed E-state index contributed by atoms with van der Waals surface area (Å²) >= 11 is 4.00. The molecule has 0 aromatic carbocycles. The number of hydrogen-bond donors (Lipinski definition) is 9. The van der Waals surface area contributed by atoms with Crippen LogP contribution in [0.5, 0.6) is 0 Å². The van der Waals surface area contributed by atoms with E-state index in [0.717, 1.165) is 0 Å².